The van der Waals surface area contributed by atoms with Crippen LogP contribution in [0.15, 0.2) is 0 Å². The summed E-state index contributed by atoms with van der Waals surface area (Å²) in [6.45, 7) is 7.33. The van der Waals surface area contributed by atoms with E-state index in [2.05, 4.69) is 13.8 Å². The second-order valence-electron chi connectivity index (χ2n) is 12.5. The molecule has 0 unspecified atom stereocenters. The summed E-state index contributed by atoms with van der Waals surface area (Å²) in [6, 6.07) is 0. The van der Waals surface area contributed by atoms with Crippen molar-refractivity contribution in [1.29, 1.82) is 0 Å². The van der Waals surface area contributed by atoms with Crippen molar-refractivity contribution in [1.82, 2.24) is 0 Å². The van der Waals surface area contributed by atoms with Crippen LogP contribution in [0.1, 0.15) is 78.6 Å². The number of aliphatic hydroxyl groups excluding tert-OH is 2. The molecule has 12 atom stereocenters. The van der Waals surface area contributed by atoms with Crippen molar-refractivity contribution in [2.75, 3.05) is 6.61 Å². The first-order valence-corrected chi connectivity index (χ1v) is 12.5. The molecule has 4 saturated carbocycles. The minimum absolute atomic E-state index is 0.0161. The first kappa shape index (κ1) is 20.4. The van der Waals surface area contributed by atoms with Gasteiger partial charge in [-0.1, -0.05) is 13.8 Å². The fourth-order valence-electron chi connectivity index (χ4n) is 10.2. The maximum absolute atomic E-state index is 11.8. The lowest BCUT2D eigenvalue weighted by Crippen LogP contribution is -2.62. The Morgan fingerprint density at radius 2 is 1.73 bits per heavy atom. The monoisotopic (exact) mass is 420 g/mol. The topological polar surface area (TPSA) is 79.2 Å². The molecule has 6 fully saturated rings. The molecule has 5 heteroatoms. The van der Waals surface area contributed by atoms with E-state index < -0.39 is 11.4 Å². The van der Waals surface area contributed by atoms with Crippen molar-refractivity contribution in [2.45, 2.75) is 108 Å². The summed E-state index contributed by atoms with van der Waals surface area (Å²) < 4.78 is 12.6. The minimum atomic E-state index is -1.01. The van der Waals surface area contributed by atoms with E-state index in [9.17, 15) is 15.3 Å². The Kier molecular flexibility index (Phi) is 4.23. The molecule has 3 N–H and O–H groups in total. The summed E-state index contributed by atoms with van der Waals surface area (Å²) >= 11 is 0. The van der Waals surface area contributed by atoms with Gasteiger partial charge in [0.2, 0.25) is 0 Å². The maximum Gasteiger partial charge on any atom is 0.197 e. The highest BCUT2D eigenvalue weighted by atomic mass is 16.7. The maximum atomic E-state index is 11.8. The summed E-state index contributed by atoms with van der Waals surface area (Å²) in [5.74, 6) is 0.972. The summed E-state index contributed by atoms with van der Waals surface area (Å²) in [4.78, 5) is 0. The Morgan fingerprint density at radius 1 is 0.933 bits per heavy atom. The van der Waals surface area contributed by atoms with Crippen LogP contribution in [0.2, 0.25) is 0 Å². The van der Waals surface area contributed by atoms with Crippen LogP contribution in [-0.2, 0) is 9.47 Å². The van der Waals surface area contributed by atoms with E-state index in [1.165, 1.54) is 0 Å². The zero-order valence-electron chi connectivity index (χ0n) is 18.8. The molecular formula is C25H40O5. The molecule has 1 spiro atoms. The third-order valence-corrected chi connectivity index (χ3v) is 11.3. The van der Waals surface area contributed by atoms with Gasteiger partial charge < -0.3 is 24.8 Å². The van der Waals surface area contributed by atoms with Crippen LogP contribution in [0.3, 0.4) is 0 Å². The fraction of sp³-hybridized carbons (Fsp3) is 1.00. The first-order chi connectivity index (χ1) is 14.1. The average Bonchev–Trinajstić information content (AvgIpc) is 3.31. The summed E-state index contributed by atoms with van der Waals surface area (Å²) in [7, 11) is 0. The van der Waals surface area contributed by atoms with Crippen LogP contribution in [0.25, 0.3) is 0 Å². The molecule has 5 nitrogen and oxygen atoms in total. The molecule has 2 heterocycles. The molecule has 0 aromatic rings. The number of rotatable bonds is 0. The minimum Gasteiger partial charge on any atom is -0.393 e. The predicted molar refractivity (Wildman–Crippen MR) is 111 cm³/mol. The SMILES string of the molecule is C[C@]12CC[C@@H](O)C[C@@H]1CC[C@@H]1[C@@H]2[C@@H](O)C[C@@]2(C)[C@H]1C[C@@H]1O[C@@]3(CCCO3)[C@@](C)(O)[C@@H]12. The van der Waals surface area contributed by atoms with Crippen LogP contribution in [-0.4, -0.2) is 51.6 Å². The molecule has 2 saturated heterocycles. The van der Waals surface area contributed by atoms with Crippen molar-refractivity contribution in [3.63, 3.8) is 0 Å². The average molecular weight is 421 g/mol. The van der Waals surface area contributed by atoms with E-state index in [1.807, 2.05) is 6.92 Å². The Morgan fingerprint density at radius 3 is 2.47 bits per heavy atom. The smallest absolute Gasteiger partial charge is 0.197 e. The molecule has 0 aromatic heterocycles. The molecule has 0 amide bonds. The molecule has 6 aliphatic rings. The quantitative estimate of drug-likeness (QED) is 0.561. The van der Waals surface area contributed by atoms with Crippen LogP contribution in [0.4, 0.5) is 0 Å². The van der Waals surface area contributed by atoms with E-state index in [4.69, 9.17) is 9.47 Å². The third kappa shape index (κ3) is 2.32. The molecular weight excluding hydrogens is 380 g/mol. The lowest BCUT2D eigenvalue weighted by atomic mass is 9.43. The van der Waals surface area contributed by atoms with E-state index >= 15 is 0 Å². The molecule has 4 aliphatic carbocycles. The van der Waals surface area contributed by atoms with Gasteiger partial charge in [0.1, 0.15) is 5.60 Å². The van der Waals surface area contributed by atoms with Crippen LogP contribution in [0, 0.1) is 40.4 Å². The van der Waals surface area contributed by atoms with Crippen molar-refractivity contribution < 1.29 is 24.8 Å². The number of hydrogen-bond acceptors (Lipinski definition) is 5. The molecule has 6 rings (SSSR count). The van der Waals surface area contributed by atoms with Crippen molar-refractivity contribution in [3.8, 4) is 0 Å². The van der Waals surface area contributed by atoms with Crippen molar-refractivity contribution >= 4 is 0 Å². The Labute approximate surface area is 180 Å². The second kappa shape index (κ2) is 6.22. The molecule has 2 aliphatic heterocycles. The zero-order chi connectivity index (χ0) is 21.1. The van der Waals surface area contributed by atoms with Gasteiger partial charge in [-0.2, -0.15) is 0 Å². The van der Waals surface area contributed by atoms with E-state index in [0.29, 0.717) is 30.3 Å². The molecule has 170 valence electrons. The highest BCUT2D eigenvalue weighted by Gasteiger charge is 2.75. The van der Waals surface area contributed by atoms with Gasteiger partial charge >= 0.3 is 0 Å². The summed E-state index contributed by atoms with van der Waals surface area (Å²) in [5.41, 5.74) is -1.01. The van der Waals surface area contributed by atoms with Gasteiger partial charge in [0, 0.05) is 12.3 Å². The van der Waals surface area contributed by atoms with Gasteiger partial charge in [-0.25, -0.2) is 0 Å². The number of ether oxygens (including phenoxy) is 2. The summed E-state index contributed by atoms with van der Waals surface area (Å²) in [5, 5.41) is 33.7. The van der Waals surface area contributed by atoms with Gasteiger partial charge in [0.05, 0.1) is 24.9 Å². The van der Waals surface area contributed by atoms with Crippen molar-refractivity contribution in [2.24, 2.45) is 40.4 Å². The van der Waals surface area contributed by atoms with Crippen LogP contribution in [0.5, 0.6) is 0 Å². The number of fused-ring (bicyclic) bond motifs is 7. The second-order valence-corrected chi connectivity index (χ2v) is 12.5. The largest absolute Gasteiger partial charge is 0.393 e. The van der Waals surface area contributed by atoms with Crippen LogP contribution >= 0.6 is 0 Å². The van der Waals surface area contributed by atoms with E-state index in [-0.39, 0.29) is 35.1 Å². The van der Waals surface area contributed by atoms with E-state index in [1.54, 1.807) is 0 Å². The molecule has 0 bridgehead atoms. The highest BCUT2D eigenvalue weighted by Crippen LogP contribution is 2.72. The standard InChI is InChI=1S/C25H40O5/c1-22-9-7-15(26)11-14(22)5-6-16-17-12-19-21(23(17,2)13-18(27)20(16)22)24(3,28)25(30-19)8-4-10-29-25/h14-21,26-28H,4-13H2,1-3H3/t14-,15+,16-,17-,18-,19-,20+,21-,22-,23-,24-,25-/m0/s1. The Bertz CT molecular complexity index is 716. The van der Waals surface area contributed by atoms with Gasteiger partial charge in [0.25, 0.3) is 0 Å². The Hall–Kier alpha value is -0.200. The number of hydrogen-bond donors (Lipinski definition) is 3. The van der Waals surface area contributed by atoms with Gasteiger partial charge in [-0.15, -0.1) is 0 Å². The fourth-order valence-corrected chi connectivity index (χ4v) is 10.2. The van der Waals surface area contributed by atoms with Gasteiger partial charge in [0.15, 0.2) is 5.79 Å². The molecule has 30 heavy (non-hydrogen) atoms. The zero-order valence-corrected chi connectivity index (χ0v) is 18.8. The van der Waals surface area contributed by atoms with Gasteiger partial charge in [-0.3, -0.25) is 0 Å². The normalized spacial score (nSPS) is 64.6. The highest BCUT2D eigenvalue weighted by molar-refractivity contribution is 5.21. The predicted octanol–water partition coefficient (Wildman–Crippen LogP) is 3.24. The number of aliphatic hydroxyl groups is 3. The molecule has 0 aromatic carbocycles. The third-order valence-electron chi connectivity index (χ3n) is 11.3. The lowest BCUT2D eigenvalue weighted by Gasteiger charge is -2.63. The van der Waals surface area contributed by atoms with E-state index in [0.717, 1.165) is 57.8 Å². The first-order valence-electron chi connectivity index (χ1n) is 12.5. The lowest BCUT2D eigenvalue weighted by molar-refractivity contribution is -0.276. The Balaban J connectivity index is 1.35. The summed E-state index contributed by atoms with van der Waals surface area (Å²) in [6.07, 6.45) is 8.06. The van der Waals surface area contributed by atoms with Crippen LogP contribution < -0.4 is 0 Å². The molecule has 0 radical (unpaired) electrons. The van der Waals surface area contributed by atoms with Gasteiger partial charge in [-0.05, 0) is 92.8 Å². The van der Waals surface area contributed by atoms with Crippen molar-refractivity contribution in [3.05, 3.63) is 0 Å².